The fourth-order valence-corrected chi connectivity index (χ4v) is 2.15. The number of pyridine rings is 1. The molecule has 1 aromatic carbocycles. The molecule has 2 rings (SSSR count). The van der Waals surface area contributed by atoms with Gasteiger partial charge in [0.25, 0.3) is 0 Å². The van der Waals surface area contributed by atoms with Crippen molar-refractivity contribution in [2.24, 2.45) is 5.73 Å². The number of nitrogens with zero attached hydrogens (tertiary/aromatic N) is 1. The van der Waals surface area contributed by atoms with Crippen molar-refractivity contribution in [2.45, 2.75) is 20.0 Å². The van der Waals surface area contributed by atoms with E-state index in [9.17, 15) is 0 Å². The Balaban J connectivity index is 2.02. The Morgan fingerprint density at radius 1 is 1.22 bits per heavy atom. The Bertz CT molecular complexity index is 523. The number of halogens is 1. The first-order valence-corrected chi connectivity index (χ1v) is 6.62. The Labute approximate surface area is 116 Å². The van der Waals surface area contributed by atoms with Gasteiger partial charge in [-0.25, -0.2) is 4.98 Å². The lowest BCUT2D eigenvalue weighted by atomic mass is 10.1. The minimum absolute atomic E-state index is 0.584. The molecule has 94 valence electrons. The average Bonchev–Trinajstić information content (AvgIpc) is 2.38. The van der Waals surface area contributed by atoms with Gasteiger partial charge in [0.05, 0.1) is 0 Å². The van der Waals surface area contributed by atoms with Crippen molar-refractivity contribution in [3.05, 3.63) is 57.7 Å². The molecule has 3 N–H and O–H groups in total. The van der Waals surface area contributed by atoms with Crippen LogP contribution in [0.2, 0.25) is 0 Å². The zero-order valence-corrected chi connectivity index (χ0v) is 11.9. The molecule has 0 bridgehead atoms. The number of hydrogen-bond acceptors (Lipinski definition) is 3. The summed E-state index contributed by atoms with van der Waals surface area (Å²) in [6.07, 6.45) is 1.80. The molecule has 0 aliphatic carbocycles. The monoisotopic (exact) mass is 305 g/mol. The largest absolute Gasteiger partial charge is 0.366 e. The van der Waals surface area contributed by atoms with E-state index in [1.807, 2.05) is 13.0 Å². The highest BCUT2D eigenvalue weighted by molar-refractivity contribution is 9.10. The normalized spacial score (nSPS) is 10.4. The van der Waals surface area contributed by atoms with E-state index in [4.69, 9.17) is 5.73 Å². The molecular formula is C14H16BrN3. The average molecular weight is 306 g/mol. The number of aryl methyl sites for hydroxylation is 1. The van der Waals surface area contributed by atoms with Crippen molar-refractivity contribution < 1.29 is 0 Å². The van der Waals surface area contributed by atoms with E-state index < -0.39 is 0 Å². The van der Waals surface area contributed by atoms with E-state index in [1.54, 1.807) is 6.20 Å². The number of aromatic nitrogens is 1. The van der Waals surface area contributed by atoms with E-state index >= 15 is 0 Å². The van der Waals surface area contributed by atoms with Crippen molar-refractivity contribution >= 4 is 21.7 Å². The zero-order chi connectivity index (χ0) is 13.0. The van der Waals surface area contributed by atoms with Crippen LogP contribution in [-0.4, -0.2) is 4.98 Å². The van der Waals surface area contributed by atoms with E-state index in [1.165, 1.54) is 5.56 Å². The van der Waals surface area contributed by atoms with Crippen molar-refractivity contribution in [1.82, 2.24) is 4.98 Å². The maximum Gasteiger partial charge on any atom is 0.129 e. The molecule has 1 heterocycles. The molecule has 0 atom stereocenters. The summed E-state index contributed by atoms with van der Waals surface area (Å²) in [6, 6.07) is 10.3. The molecular weight excluding hydrogens is 290 g/mol. The predicted octanol–water partition coefficient (Wildman–Crippen LogP) is 3.22. The minimum atomic E-state index is 0.584. The fourth-order valence-electron chi connectivity index (χ4n) is 1.70. The van der Waals surface area contributed by atoms with Gasteiger partial charge in [-0.05, 0) is 45.6 Å². The molecule has 18 heavy (non-hydrogen) atoms. The van der Waals surface area contributed by atoms with Gasteiger partial charge in [0.15, 0.2) is 0 Å². The lowest BCUT2D eigenvalue weighted by Gasteiger charge is -2.09. The van der Waals surface area contributed by atoms with Crippen molar-refractivity contribution in [3.63, 3.8) is 0 Å². The lowest BCUT2D eigenvalue weighted by molar-refractivity contribution is 1.05. The molecule has 0 spiro atoms. The van der Waals surface area contributed by atoms with Gasteiger partial charge in [-0.15, -0.1) is 0 Å². The van der Waals surface area contributed by atoms with E-state index in [0.717, 1.165) is 28.0 Å². The maximum absolute atomic E-state index is 5.57. The van der Waals surface area contributed by atoms with Gasteiger partial charge in [-0.3, -0.25) is 0 Å². The highest BCUT2D eigenvalue weighted by Crippen LogP contribution is 2.17. The van der Waals surface area contributed by atoms with Crippen LogP contribution in [0.15, 0.2) is 41.0 Å². The molecule has 0 fully saturated rings. The highest BCUT2D eigenvalue weighted by atomic mass is 79.9. The summed E-state index contributed by atoms with van der Waals surface area (Å²) in [5.41, 5.74) is 9.07. The second kappa shape index (κ2) is 5.98. The maximum atomic E-state index is 5.57. The number of nitrogens with two attached hydrogens (primary N) is 1. The van der Waals surface area contributed by atoms with Gasteiger partial charge in [0.2, 0.25) is 0 Å². The Hall–Kier alpha value is -1.39. The van der Waals surface area contributed by atoms with Crippen LogP contribution in [0.25, 0.3) is 0 Å². The van der Waals surface area contributed by atoms with Crippen LogP contribution in [0.5, 0.6) is 0 Å². The van der Waals surface area contributed by atoms with Gasteiger partial charge in [-0.2, -0.15) is 0 Å². The molecule has 0 saturated carbocycles. The predicted molar refractivity (Wildman–Crippen MR) is 78.3 cm³/mol. The van der Waals surface area contributed by atoms with Crippen LogP contribution in [0.3, 0.4) is 0 Å². The summed E-state index contributed by atoms with van der Waals surface area (Å²) in [5, 5.41) is 3.33. The van der Waals surface area contributed by atoms with Gasteiger partial charge in [0.1, 0.15) is 5.82 Å². The second-order valence-corrected chi connectivity index (χ2v) is 5.11. The van der Waals surface area contributed by atoms with Crippen LogP contribution in [-0.2, 0) is 13.1 Å². The Morgan fingerprint density at radius 2 is 1.89 bits per heavy atom. The molecule has 0 amide bonds. The molecule has 0 unspecified atom stereocenters. The Kier molecular flexibility index (Phi) is 4.33. The topological polar surface area (TPSA) is 50.9 Å². The molecule has 4 heteroatoms. The van der Waals surface area contributed by atoms with Gasteiger partial charge >= 0.3 is 0 Å². The standard InChI is InChI=1S/C14H16BrN3/c1-10-6-13(15)9-18-14(10)17-8-12-4-2-11(7-16)3-5-12/h2-6,9H,7-8,16H2,1H3,(H,17,18). The zero-order valence-electron chi connectivity index (χ0n) is 10.3. The SMILES string of the molecule is Cc1cc(Br)cnc1NCc1ccc(CN)cc1. The third-order valence-electron chi connectivity index (χ3n) is 2.76. The van der Waals surface area contributed by atoms with Crippen LogP contribution in [0.1, 0.15) is 16.7 Å². The van der Waals surface area contributed by atoms with E-state index in [2.05, 4.69) is 50.5 Å². The van der Waals surface area contributed by atoms with Gasteiger partial charge in [0, 0.05) is 23.8 Å². The van der Waals surface area contributed by atoms with Crippen molar-refractivity contribution in [1.29, 1.82) is 0 Å². The van der Waals surface area contributed by atoms with Crippen LogP contribution >= 0.6 is 15.9 Å². The van der Waals surface area contributed by atoms with Crippen LogP contribution in [0, 0.1) is 6.92 Å². The molecule has 0 aliphatic rings. The summed E-state index contributed by atoms with van der Waals surface area (Å²) in [5.74, 6) is 0.918. The molecule has 0 saturated heterocycles. The highest BCUT2D eigenvalue weighted by Gasteiger charge is 2.00. The molecule has 2 aromatic rings. The minimum Gasteiger partial charge on any atom is -0.366 e. The molecule has 1 aromatic heterocycles. The van der Waals surface area contributed by atoms with E-state index in [0.29, 0.717) is 6.54 Å². The first-order chi connectivity index (χ1) is 8.69. The van der Waals surface area contributed by atoms with Gasteiger partial charge in [-0.1, -0.05) is 24.3 Å². The number of benzene rings is 1. The second-order valence-electron chi connectivity index (χ2n) is 4.19. The number of nitrogens with one attached hydrogen (secondary N) is 1. The van der Waals surface area contributed by atoms with E-state index in [-0.39, 0.29) is 0 Å². The summed E-state index contributed by atoms with van der Waals surface area (Å²) in [6.45, 7) is 3.39. The van der Waals surface area contributed by atoms with Crippen LogP contribution < -0.4 is 11.1 Å². The third-order valence-corrected chi connectivity index (χ3v) is 3.20. The van der Waals surface area contributed by atoms with Crippen molar-refractivity contribution in [2.75, 3.05) is 5.32 Å². The first kappa shape index (κ1) is 13.1. The summed E-state index contributed by atoms with van der Waals surface area (Å²) in [4.78, 5) is 4.35. The number of hydrogen-bond donors (Lipinski definition) is 2. The molecule has 0 radical (unpaired) electrons. The quantitative estimate of drug-likeness (QED) is 0.912. The smallest absolute Gasteiger partial charge is 0.129 e. The summed E-state index contributed by atoms with van der Waals surface area (Å²) >= 11 is 3.41. The first-order valence-electron chi connectivity index (χ1n) is 5.83. The third kappa shape index (κ3) is 3.31. The summed E-state index contributed by atoms with van der Waals surface area (Å²) < 4.78 is 0.998. The summed E-state index contributed by atoms with van der Waals surface area (Å²) in [7, 11) is 0. The number of anilines is 1. The Morgan fingerprint density at radius 3 is 2.50 bits per heavy atom. The molecule has 3 nitrogen and oxygen atoms in total. The van der Waals surface area contributed by atoms with Crippen molar-refractivity contribution in [3.8, 4) is 0 Å². The number of rotatable bonds is 4. The van der Waals surface area contributed by atoms with Crippen LogP contribution in [0.4, 0.5) is 5.82 Å². The fraction of sp³-hybridized carbons (Fsp3) is 0.214. The molecule has 0 aliphatic heterocycles. The van der Waals surface area contributed by atoms with Gasteiger partial charge < -0.3 is 11.1 Å². The lowest BCUT2D eigenvalue weighted by Crippen LogP contribution is -2.03.